The van der Waals surface area contributed by atoms with Gasteiger partial charge >= 0.3 is 0 Å². The predicted molar refractivity (Wildman–Crippen MR) is 95.2 cm³/mol. The summed E-state index contributed by atoms with van der Waals surface area (Å²) in [6.45, 7) is 6.67. The highest BCUT2D eigenvalue weighted by Crippen LogP contribution is 2.33. The van der Waals surface area contributed by atoms with Crippen molar-refractivity contribution in [3.8, 4) is 0 Å². The van der Waals surface area contributed by atoms with E-state index in [4.69, 9.17) is 0 Å². The number of allylic oxidation sites excluding steroid dienone is 1. The van der Waals surface area contributed by atoms with Crippen molar-refractivity contribution in [3.05, 3.63) is 71.9 Å². The minimum absolute atomic E-state index is 0.160. The van der Waals surface area contributed by atoms with E-state index >= 15 is 0 Å². The van der Waals surface area contributed by atoms with Gasteiger partial charge in [0.05, 0.1) is 5.52 Å². The van der Waals surface area contributed by atoms with Crippen molar-refractivity contribution in [3.63, 3.8) is 0 Å². The van der Waals surface area contributed by atoms with E-state index in [0.29, 0.717) is 12.1 Å². The Balaban J connectivity index is 1.84. The maximum Gasteiger partial charge on any atom is 0.147 e. The van der Waals surface area contributed by atoms with Crippen molar-refractivity contribution in [1.29, 1.82) is 0 Å². The van der Waals surface area contributed by atoms with Gasteiger partial charge in [0, 0.05) is 49.5 Å². The molecule has 122 valence electrons. The first-order valence-corrected chi connectivity index (χ1v) is 8.20. The highest BCUT2D eigenvalue weighted by Gasteiger charge is 2.24. The second-order valence-corrected chi connectivity index (χ2v) is 6.47. The summed E-state index contributed by atoms with van der Waals surface area (Å²) in [7, 11) is 2.11. The predicted octanol–water partition coefficient (Wildman–Crippen LogP) is 3.88. The first kappa shape index (κ1) is 15.1. The van der Waals surface area contributed by atoms with Crippen molar-refractivity contribution >= 4 is 16.5 Å². The van der Waals surface area contributed by atoms with Gasteiger partial charge in [0.25, 0.3) is 0 Å². The minimum atomic E-state index is -0.160. The highest BCUT2D eigenvalue weighted by molar-refractivity contribution is 5.87. The number of halogens is 1. The number of pyridine rings is 1. The summed E-state index contributed by atoms with van der Waals surface area (Å²) in [6, 6.07) is 9.27. The molecule has 0 radical (unpaired) electrons. The standard InChI is InChI=1S/C20H20FN3/c1-14(15-6-9-22-10-7-15)12-24-19-8-11-23(2)13-17(19)16-4-3-5-18(21)20(16)24/h3-7,9-10H,1,8,11-13H2,2H3. The fourth-order valence-electron chi connectivity index (χ4n) is 3.64. The van der Waals surface area contributed by atoms with Crippen molar-refractivity contribution in [2.75, 3.05) is 13.6 Å². The monoisotopic (exact) mass is 321 g/mol. The first-order valence-electron chi connectivity index (χ1n) is 8.20. The molecule has 0 spiro atoms. The third-order valence-electron chi connectivity index (χ3n) is 4.85. The maximum atomic E-state index is 14.6. The molecule has 1 aromatic carbocycles. The molecule has 1 aliphatic rings. The molecule has 0 saturated carbocycles. The number of rotatable bonds is 3. The maximum absolute atomic E-state index is 14.6. The Bertz CT molecular complexity index is 912. The van der Waals surface area contributed by atoms with Crippen molar-refractivity contribution < 1.29 is 4.39 Å². The molecule has 0 fully saturated rings. The fourth-order valence-corrected chi connectivity index (χ4v) is 3.64. The molecular weight excluding hydrogens is 301 g/mol. The summed E-state index contributed by atoms with van der Waals surface area (Å²) < 4.78 is 16.7. The van der Waals surface area contributed by atoms with Crippen LogP contribution in [0.25, 0.3) is 16.5 Å². The van der Waals surface area contributed by atoms with Crippen LogP contribution in [0.3, 0.4) is 0 Å². The third kappa shape index (κ3) is 2.43. The summed E-state index contributed by atoms with van der Waals surface area (Å²) >= 11 is 0. The van der Waals surface area contributed by atoms with E-state index in [1.165, 1.54) is 11.3 Å². The molecule has 0 saturated heterocycles. The van der Waals surface area contributed by atoms with Crippen LogP contribution in [0.1, 0.15) is 16.8 Å². The molecule has 2 aromatic heterocycles. The van der Waals surface area contributed by atoms with Gasteiger partial charge in [0.15, 0.2) is 0 Å². The second-order valence-electron chi connectivity index (χ2n) is 6.47. The lowest BCUT2D eigenvalue weighted by Crippen LogP contribution is -2.27. The van der Waals surface area contributed by atoms with Crippen LogP contribution in [-0.2, 0) is 19.5 Å². The summed E-state index contributed by atoms with van der Waals surface area (Å²) in [5.41, 5.74) is 5.21. The average Bonchev–Trinajstić information content (AvgIpc) is 2.90. The van der Waals surface area contributed by atoms with Crippen molar-refractivity contribution in [2.24, 2.45) is 0 Å². The number of likely N-dealkylation sites (N-methyl/N-ethyl adjacent to an activating group) is 1. The van der Waals surface area contributed by atoms with Crippen LogP contribution in [0, 0.1) is 5.82 Å². The largest absolute Gasteiger partial charge is 0.337 e. The van der Waals surface area contributed by atoms with Crippen LogP contribution < -0.4 is 0 Å². The van der Waals surface area contributed by atoms with Gasteiger partial charge in [-0.25, -0.2) is 4.39 Å². The van der Waals surface area contributed by atoms with Crippen LogP contribution in [-0.4, -0.2) is 28.0 Å². The number of fused-ring (bicyclic) bond motifs is 3. The van der Waals surface area contributed by atoms with Crippen LogP contribution in [0.5, 0.6) is 0 Å². The van der Waals surface area contributed by atoms with Gasteiger partial charge in [-0.2, -0.15) is 0 Å². The van der Waals surface area contributed by atoms with E-state index in [1.54, 1.807) is 24.5 Å². The zero-order chi connectivity index (χ0) is 16.7. The number of benzene rings is 1. The van der Waals surface area contributed by atoms with E-state index < -0.39 is 0 Å². The Labute approximate surface area is 141 Å². The first-order chi connectivity index (χ1) is 11.6. The lowest BCUT2D eigenvalue weighted by Gasteiger charge is -2.24. The Morgan fingerprint density at radius 2 is 2.04 bits per heavy atom. The number of para-hydroxylation sites is 1. The van der Waals surface area contributed by atoms with Gasteiger partial charge in [0.1, 0.15) is 5.82 Å². The molecule has 0 bridgehead atoms. The van der Waals surface area contributed by atoms with Gasteiger partial charge in [0.2, 0.25) is 0 Å². The Hall–Kier alpha value is -2.46. The summed E-state index contributed by atoms with van der Waals surface area (Å²) in [5, 5.41) is 1.03. The number of hydrogen-bond donors (Lipinski definition) is 0. The summed E-state index contributed by atoms with van der Waals surface area (Å²) in [5.74, 6) is -0.160. The molecule has 0 aliphatic carbocycles. The van der Waals surface area contributed by atoms with Gasteiger partial charge in [-0.1, -0.05) is 18.7 Å². The topological polar surface area (TPSA) is 21.1 Å². The second kappa shape index (κ2) is 5.87. The smallest absolute Gasteiger partial charge is 0.147 e. The molecule has 3 nitrogen and oxygen atoms in total. The molecule has 0 atom stereocenters. The van der Waals surface area contributed by atoms with Gasteiger partial charge in [-0.15, -0.1) is 0 Å². The molecule has 3 aromatic rings. The highest BCUT2D eigenvalue weighted by atomic mass is 19.1. The van der Waals surface area contributed by atoms with Crippen LogP contribution in [0.2, 0.25) is 0 Å². The molecule has 0 amide bonds. The molecule has 24 heavy (non-hydrogen) atoms. The van der Waals surface area contributed by atoms with E-state index in [1.807, 2.05) is 18.2 Å². The molecule has 4 heteroatoms. The van der Waals surface area contributed by atoms with Crippen LogP contribution >= 0.6 is 0 Å². The third-order valence-corrected chi connectivity index (χ3v) is 4.85. The normalized spacial score (nSPS) is 14.8. The Morgan fingerprint density at radius 3 is 2.83 bits per heavy atom. The zero-order valence-electron chi connectivity index (χ0n) is 13.8. The van der Waals surface area contributed by atoms with E-state index in [-0.39, 0.29) is 5.82 Å². The number of nitrogens with zero attached hydrogens (tertiary/aromatic N) is 3. The van der Waals surface area contributed by atoms with Gasteiger partial charge in [-0.3, -0.25) is 4.98 Å². The molecule has 0 N–H and O–H groups in total. The van der Waals surface area contributed by atoms with E-state index in [9.17, 15) is 4.39 Å². The fraction of sp³-hybridized carbons (Fsp3) is 0.250. The van der Waals surface area contributed by atoms with E-state index in [2.05, 4.69) is 28.1 Å². The molecule has 3 heterocycles. The quantitative estimate of drug-likeness (QED) is 0.730. The number of aromatic nitrogens is 2. The van der Waals surface area contributed by atoms with Gasteiger partial charge < -0.3 is 9.47 Å². The van der Waals surface area contributed by atoms with Crippen LogP contribution in [0.4, 0.5) is 4.39 Å². The molecular formula is C20H20FN3. The lowest BCUT2D eigenvalue weighted by molar-refractivity contribution is 0.310. The minimum Gasteiger partial charge on any atom is -0.337 e. The number of hydrogen-bond acceptors (Lipinski definition) is 2. The van der Waals surface area contributed by atoms with Crippen molar-refractivity contribution in [2.45, 2.75) is 19.5 Å². The van der Waals surface area contributed by atoms with Gasteiger partial charge in [-0.05, 0) is 41.9 Å². The SMILES string of the molecule is C=C(Cn1c2c(c3cccc(F)c31)CN(C)CC2)c1ccncc1. The van der Waals surface area contributed by atoms with Crippen molar-refractivity contribution in [1.82, 2.24) is 14.5 Å². The molecule has 4 rings (SSSR count). The Morgan fingerprint density at radius 1 is 1.25 bits per heavy atom. The lowest BCUT2D eigenvalue weighted by atomic mass is 10.0. The van der Waals surface area contributed by atoms with Crippen LogP contribution in [0.15, 0.2) is 49.3 Å². The molecule has 0 unspecified atom stereocenters. The van der Waals surface area contributed by atoms with E-state index in [0.717, 1.165) is 36.0 Å². The average molecular weight is 321 g/mol. The zero-order valence-corrected chi connectivity index (χ0v) is 13.8. The summed E-state index contributed by atoms with van der Waals surface area (Å²) in [6.07, 6.45) is 4.46. The summed E-state index contributed by atoms with van der Waals surface area (Å²) in [4.78, 5) is 6.34. The Kier molecular flexibility index (Phi) is 3.69. The molecule has 1 aliphatic heterocycles.